The molecule has 1 aromatic rings. The molecule has 2 aliphatic carbocycles. The molecule has 1 saturated heterocycles. The Morgan fingerprint density at radius 1 is 1.39 bits per heavy atom. The number of amides is 1. The van der Waals surface area contributed by atoms with Crippen LogP contribution in [-0.4, -0.2) is 35.3 Å². The normalized spacial score (nSPS) is 32.0. The molecule has 1 heterocycles. The molecule has 1 N–H and O–H groups in total. The molecule has 3 atom stereocenters. The zero-order valence-electron chi connectivity index (χ0n) is 13.8. The summed E-state index contributed by atoms with van der Waals surface area (Å²) in [5.41, 5.74) is 2.81. The van der Waals surface area contributed by atoms with E-state index in [-0.39, 0.29) is 17.6 Å². The van der Waals surface area contributed by atoms with Crippen LogP contribution in [0.5, 0.6) is 5.75 Å². The van der Waals surface area contributed by atoms with E-state index in [4.69, 9.17) is 4.74 Å². The second-order valence-electron chi connectivity index (χ2n) is 7.26. The minimum Gasteiger partial charge on any atom is -0.508 e. The van der Waals surface area contributed by atoms with Crippen molar-refractivity contribution < 1.29 is 14.6 Å². The van der Waals surface area contributed by atoms with E-state index in [2.05, 4.69) is 6.07 Å². The van der Waals surface area contributed by atoms with Crippen LogP contribution in [0.25, 0.3) is 0 Å². The quantitative estimate of drug-likeness (QED) is 0.861. The topological polar surface area (TPSA) is 49.8 Å². The van der Waals surface area contributed by atoms with Gasteiger partial charge in [0, 0.05) is 18.0 Å². The fraction of sp³-hybridized carbons (Fsp3) is 0.632. The summed E-state index contributed by atoms with van der Waals surface area (Å²) < 4.78 is 5.30. The molecule has 1 aliphatic heterocycles. The van der Waals surface area contributed by atoms with E-state index in [0.29, 0.717) is 18.3 Å². The van der Waals surface area contributed by atoms with E-state index in [1.54, 1.807) is 6.07 Å². The number of phenolic OH excluding ortho intramolecular Hbond substituents is 1. The number of ether oxygens (including phenoxy) is 1. The molecular formula is C19H25NO3. The number of aromatic hydroxyl groups is 1. The van der Waals surface area contributed by atoms with Gasteiger partial charge in [0.1, 0.15) is 5.75 Å². The van der Waals surface area contributed by atoms with Crippen molar-refractivity contribution in [2.45, 2.75) is 56.9 Å². The molecule has 1 aromatic carbocycles. The van der Waals surface area contributed by atoms with Crippen molar-refractivity contribution in [1.29, 1.82) is 0 Å². The summed E-state index contributed by atoms with van der Waals surface area (Å²) in [6.07, 6.45) is 6.58. The molecule has 3 aliphatic rings. The predicted octanol–water partition coefficient (Wildman–Crippen LogP) is 3.61. The fourth-order valence-corrected chi connectivity index (χ4v) is 5.43. The Labute approximate surface area is 137 Å². The Balaban J connectivity index is 1.78. The van der Waals surface area contributed by atoms with Crippen molar-refractivity contribution >= 4 is 6.09 Å². The summed E-state index contributed by atoms with van der Waals surface area (Å²) in [5.74, 6) is 0.873. The standard InChI is InChI=1S/C19H25NO3/c1-2-23-18(22)20-10-9-19-8-4-3-5-15(19)17(20)11-13-6-7-14(21)12-16(13)19/h6-7,12,15,17,21H,2-5,8-11H2,1H3/t15-,17+,19+/m1/s1. The molecule has 4 rings (SSSR count). The van der Waals surface area contributed by atoms with Crippen molar-refractivity contribution in [3.05, 3.63) is 29.3 Å². The third-order valence-electron chi connectivity index (χ3n) is 6.32. The highest BCUT2D eigenvalue weighted by Crippen LogP contribution is 2.56. The van der Waals surface area contributed by atoms with Gasteiger partial charge in [-0.2, -0.15) is 0 Å². The van der Waals surface area contributed by atoms with Gasteiger partial charge in [-0.05, 0) is 61.8 Å². The second kappa shape index (κ2) is 5.43. The first-order chi connectivity index (χ1) is 11.2. The van der Waals surface area contributed by atoms with Gasteiger partial charge in [-0.25, -0.2) is 4.79 Å². The molecule has 4 heteroatoms. The van der Waals surface area contributed by atoms with Crippen LogP contribution in [0.2, 0.25) is 0 Å². The average molecular weight is 315 g/mol. The molecule has 0 spiro atoms. The van der Waals surface area contributed by atoms with Crippen LogP contribution in [-0.2, 0) is 16.6 Å². The summed E-state index contributed by atoms with van der Waals surface area (Å²) in [6.45, 7) is 3.07. The minimum absolute atomic E-state index is 0.151. The van der Waals surface area contributed by atoms with Gasteiger partial charge in [-0.3, -0.25) is 0 Å². The van der Waals surface area contributed by atoms with Crippen molar-refractivity contribution in [3.63, 3.8) is 0 Å². The first kappa shape index (κ1) is 14.9. The van der Waals surface area contributed by atoms with E-state index < -0.39 is 0 Å². The molecule has 0 radical (unpaired) electrons. The molecule has 124 valence electrons. The second-order valence-corrected chi connectivity index (χ2v) is 7.26. The number of rotatable bonds is 1. The van der Waals surface area contributed by atoms with Crippen LogP contribution in [0.15, 0.2) is 18.2 Å². The number of carbonyl (C=O) groups excluding carboxylic acids is 1. The van der Waals surface area contributed by atoms with Crippen molar-refractivity contribution in [3.8, 4) is 5.75 Å². The third kappa shape index (κ3) is 2.14. The average Bonchev–Trinajstić information content (AvgIpc) is 2.56. The molecule has 4 nitrogen and oxygen atoms in total. The molecule has 0 aromatic heterocycles. The smallest absolute Gasteiger partial charge is 0.410 e. The number of hydrogen-bond acceptors (Lipinski definition) is 3. The lowest BCUT2D eigenvalue weighted by atomic mass is 9.52. The zero-order chi connectivity index (χ0) is 16.0. The van der Waals surface area contributed by atoms with Gasteiger partial charge < -0.3 is 14.7 Å². The lowest BCUT2D eigenvalue weighted by Crippen LogP contribution is -2.62. The summed E-state index contributed by atoms with van der Waals surface area (Å²) in [7, 11) is 0. The number of phenols is 1. The highest BCUT2D eigenvalue weighted by molar-refractivity contribution is 5.69. The number of likely N-dealkylation sites (tertiary alicyclic amines) is 1. The maximum absolute atomic E-state index is 12.4. The molecule has 2 fully saturated rings. The molecule has 23 heavy (non-hydrogen) atoms. The molecule has 1 saturated carbocycles. The van der Waals surface area contributed by atoms with Gasteiger partial charge in [0.25, 0.3) is 0 Å². The maximum Gasteiger partial charge on any atom is 0.410 e. The number of benzene rings is 1. The van der Waals surface area contributed by atoms with Crippen molar-refractivity contribution in [2.24, 2.45) is 5.92 Å². The van der Waals surface area contributed by atoms with Gasteiger partial charge in [0.05, 0.1) is 6.61 Å². The van der Waals surface area contributed by atoms with Crippen LogP contribution < -0.4 is 0 Å². The third-order valence-corrected chi connectivity index (χ3v) is 6.32. The van der Waals surface area contributed by atoms with Gasteiger partial charge in [-0.15, -0.1) is 0 Å². The molecule has 2 bridgehead atoms. The summed E-state index contributed by atoms with van der Waals surface area (Å²) in [5, 5.41) is 10.00. The number of piperidine rings is 1. The summed E-state index contributed by atoms with van der Waals surface area (Å²) >= 11 is 0. The largest absolute Gasteiger partial charge is 0.508 e. The number of fused-ring (bicyclic) bond motifs is 1. The minimum atomic E-state index is -0.154. The zero-order valence-corrected chi connectivity index (χ0v) is 13.8. The number of hydrogen-bond donors (Lipinski definition) is 1. The van der Waals surface area contributed by atoms with Crippen LogP contribution in [0, 0.1) is 5.92 Å². The SMILES string of the molecule is CCOC(=O)N1CC[C@@]23CCCC[C@@H]2[C@@H]1Cc1ccc(O)cc13. The van der Waals surface area contributed by atoms with Gasteiger partial charge >= 0.3 is 6.09 Å². The lowest BCUT2D eigenvalue weighted by Gasteiger charge is -2.58. The van der Waals surface area contributed by atoms with Crippen LogP contribution in [0.4, 0.5) is 4.79 Å². The first-order valence-electron chi connectivity index (χ1n) is 8.91. The van der Waals surface area contributed by atoms with E-state index in [1.165, 1.54) is 36.8 Å². The van der Waals surface area contributed by atoms with Crippen molar-refractivity contribution in [2.75, 3.05) is 13.2 Å². The van der Waals surface area contributed by atoms with Crippen LogP contribution in [0.3, 0.4) is 0 Å². The summed E-state index contributed by atoms with van der Waals surface area (Å²) in [6, 6.07) is 6.08. The molecule has 0 unspecified atom stereocenters. The van der Waals surface area contributed by atoms with Crippen LogP contribution >= 0.6 is 0 Å². The van der Waals surface area contributed by atoms with Gasteiger partial charge in [-0.1, -0.05) is 18.9 Å². The van der Waals surface area contributed by atoms with Crippen LogP contribution in [0.1, 0.15) is 50.2 Å². The van der Waals surface area contributed by atoms with Gasteiger partial charge in [0.15, 0.2) is 0 Å². The highest BCUT2D eigenvalue weighted by atomic mass is 16.6. The lowest BCUT2D eigenvalue weighted by molar-refractivity contribution is -0.0110. The van der Waals surface area contributed by atoms with E-state index >= 15 is 0 Å². The predicted molar refractivity (Wildman–Crippen MR) is 87.6 cm³/mol. The van der Waals surface area contributed by atoms with Gasteiger partial charge in [0.2, 0.25) is 0 Å². The Hall–Kier alpha value is -1.71. The number of carbonyl (C=O) groups is 1. The molecule has 1 amide bonds. The fourth-order valence-electron chi connectivity index (χ4n) is 5.43. The highest BCUT2D eigenvalue weighted by Gasteiger charge is 2.55. The molecular weight excluding hydrogens is 290 g/mol. The van der Waals surface area contributed by atoms with E-state index in [0.717, 1.165) is 19.4 Å². The first-order valence-corrected chi connectivity index (χ1v) is 8.91. The Morgan fingerprint density at radius 2 is 2.26 bits per heavy atom. The Kier molecular flexibility index (Phi) is 3.51. The van der Waals surface area contributed by atoms with E-state index in [1.807, 2.05) is 17.9 Å². The number of nitrogens with zero attached hydrogens (tertiary/aromatic N) is 1. The Bertz CT molecular complexity index is 629. The van der Waals surface area contributed by atoms with E-state index in [9.17, 15) is 9.90 Å². The Morgan fingerprint density at radius 3 is 3.09 bits per heavy atom. The van der Waals surface area contributed by atoms with Crippen molar-refractivity contribution in [1.82, 2.24) is 4.90 Å². The maximum atomic E-state index is 12.4. The summed E-state index contributed by atoms with van der Waals surface area (Å²) in [4.78, 5) is 14.4. The monoisotopic (exact) mass is 315 g/mol.